The van der Waals surface area contributed by atoms with Crippen LogP contribution in [0.15, 0.2) is 12.0 Å². The monoisotopic (exact) mass is 171 g/mol. The van der Waals surface area contributed by atoms with E-state index < -0.39 is 0 Å². The third-order valence-corrected chi connectivity index (χ3v) is 1.84. The van der Waals surface area contributed by atoms with Gasteiger partial charge in [-0.2, -0.15) is 0 Å². The molecule has 0 aromatic carbocycles. The fourth-order valence-electron chi connectivity index (χ4n) is 0.992. The van der Waals surface area contributed by atoms with Crippen molar-refractivity contribution in [1.82, 2.24) is 5.32 Å². The number of hydrogen-bond acceptors (Lipinski definition) is 2. The lowest BCUT2D eigenvalue weighted by molar-refractivity contribution is 0.454. The maximum Gasteiger partial charge on any atom is 0.0980 e. The molecule has 0 spiro atoms. The van der Waals surface area contributed by atoms with Crippen molar-refractivity contribution in [1.29, 1.82) is 0 Å². The molecule has 0 aliphatic rings. The van der Waals surface area contributed by atoms with E-state index in [4.69, 9.17) is 5.11 Å². The van der Waals surface area contributed by atoms with Gasteiger partial charge in [-0.3, -0.25) is 0 Å². The van der Waals surface area contributed by atoms with Gasteiger partial charge < -0.3 is 10.4 Å². The van der Waals surface area contributed by atoms with Crippen LogP contribution in [0.4, 0.5) is 0 Å². The molecule has 12 heavy (non-hydrogen) atoms. The van der Waals surface area contributed by atoms with Gasteiger partial charge in [0.15, 0.2) is 0 Å². The molecule has 0 atom stereocenters. The molecule has 0 heterocycles. The minimum atomic E-state index is 0.969. The van der Waals surface area contributed by atoms with Crippen LogP contribution in [-0.4, -0.2) is 11.7 Å². The molecule has 0 unspecified atom stereocenters. The Bertz CT molecular complexity index is 121. The number of aliphatic hydroxyl groups excluding tert-OH is 1. The summed E-state index contributed by atoms with van der Waals surface area (Å²) in [7, 11) is 0. The highest BCUT2D eigenvalue weighted by molar-refractivity contribution is 4.93. The van der Waals surface area contributed by atoms with E-state index in [-0.39, 0.29) is 0 Å². The minimum Gasteiger partial charge on any atom is -0.514 e. The third-order valence-electron chi connectivity index (χ3n) is 1.84. The largest absolute Gasteiger partial charge is 0.514 e. The van der Waals surface area contributed by atoms with Crippen molar-refractivity contribution in [2.24, 2.45) is 0 Å². The second-order valence-electron chi connectivity index (χ2n) is 3.04. The maximum atomic E-state index is 8.83. The smallest absolute Gasteiger partial charge is 0.0980 e. The van der Waals surface area contributed by atoms with E-state index in [1.54, 1.807) is 0 Å². The number of allylic oxidation sites excluding steroid dienone is 1. The Morgan fingerprint density at radius 2 is 1.92 bits per heavy atom. The molecular formula is C10H21NO. The molecule has 0 aromatic rings. The second-order valence-corrected chi connectivity index (χ2v) is 3.04. The summed E-state index contributed by atoms with van der Waals surface area (Å²) < 4.78 is 0. The fraction of sp³-hybridized carbons (Fsp3) is 0.800. The Kier molecular flexibility index (Phi) is 7.97. The summed E-state index contributed by atoms with van der Waals surface area (Å²) in [5, 5.41) is 12.0. The molecule has 2 N–H and O–H groups in total. The SMILES string of the molecule is CCCCN/C(=C\O)CCCC. The van der Waals surface area contributed by atoms with Crippen LogP contribution in [-0.2, 0) is 0 Å². The molecule has 0 aliphatic carbocycles. The van der Waals surface area contributed by atoms with Gasteiger partial charge in [0, 0.05) is 12.2 Å². The predicted octanol–water partition coefficient (Wildman–Crippen LogP) is 2.97. The Hall–Kier alpha value is -0.660. The van der Waals surface area contributed by atoms with Gasteiger partial charge in [-0.1, -0.05) is 26.7 Å². The number of aliphatic hydroxyl groups is 1. The topological polar surface area (TPSA) is 32.3 Å². The van der Waals surface area contributed by atoms with E-state index in [2.05, 4.69) is 19.2 Å². The first kappa shape index (κ1) is 11.3. The Balaban J connectivity index is 3.41. The summed E-state index contributed by atoms with van der Waals surface area (Å²) in [4.78, 5) is 0. The summed E-state index contributed by atoms with van der Waals surface area (Å²) in [6.07, 6.45) is 6.85. The van der Waals surface area contributed by atoms with E-state index in [1.165, 1.54) is 25.5 Å². The average Bonchev–Trinajstić information content (AvgIpc) is 2.11. The predicted molar refractivity (Wildman–Crippen MR) is 53.1 cm³/mol. The van der Waals surface area contributed by atoms with Crippen molar-refractivity contribution in [2.75, 3.05) is 6.54 Å². The van der Waals surface area contributed by atoms with E-state index in [0.717, 1.165) is 25.1 Å². The Labute approximate surface area is 75.7 Å². The molecule has 0 amide bonds. The van der Waals surface area contributed by atoms with E-state index in [0.29, 0.717) is 0 Å². The van der Waals surface area contributed by atoms with Crippen molar-refractivity contribution in [3.8, 4) is 0 Å². The molecule has 0 rings (SSSR count). The van der Waals surface area contributed by atoms with Gasteiger partial charge in [-0.15, -0.1) is 0 Å². The van der Waals surface area contributed by atoms with Crippen LogP contribution < -0.4 is 5.32 Å². The summed E-state index contributed by atoms with van der Waals surface area (Å²) in [5.74, 6) is 0. The van der Waals surface area contributed by atoms with Crippen LogP contribution in [0.3, 0.4) is 0 Å². The van der Waals surface area contributed by atoms with Crippen LogP contribution in [0.25, 0.3) is 0 Å². The third kappa shape index (κ3) is 6.08. The zero-order valence-electron chi connectivity index (χ0n) is 8.27. The van der Waals surface area contributed by atoms with Gasteiger partial charge >= 0.3 is 0 Å². The summed E-state index contributed by atoms with van der Waals surface area (Å²) in [6, 6.07) is 0. The quantitative estimate of drug-likeness (QED) is 0.456. The second kappa shape index (κ2) is 8.44. The Morgan fingerprint density at radius 3 is 2.42 bits per heavy atom. The molecule has 2 heteroatoms. The van der Waals surface area contributed by atoms with Gasteiger partial charge in [0.2, 0.25) is 0 Å². The molecule has 0 saturated heterocycles. The van der Waals surface area contributed by atoms with Crippen molar-refractivity contribution in [2.45, 2.75) is 46.0 Å². The molecule has 72 valence electrons. The number of unbranched alkanes of at least 4 members (excludes halogenated alkanes) is 2. The molecule has 2 nitrogen and oxygen atoms in total. The van der Waals surface area contributed by atoms with E-state index >= 15 is 0 Å². The lowest BCUT2D eigenvalue weighted by Crippen LogP contribution is -2.14. The maximum absolute atomic E-state index is 8.83. The molecule has 0 fully saturated rings. The summed E-state index contributed by atoms with van der Waals surface area (Å²) in [6.45, 7) is 5.30. The van der Waals surface area contributed by atoms with E-state index in [1.807, 2.05) is 0 Å². The number of nitrogens with one attached hydrogen (secondary N) is 1. The fourth-order valence-corrected chi connectivity index (χ4v) is 0.992. The summed E-state index contributed by atoms with van der Waals surface area (Å²) in [5.41, 5.74) is 0.977. The molecule has 0 saturated carbocycles. The van der Waals surface area contributed by atoms with Gasteiger partial charge in [0.25, 0.3) is 0 Å². The highest BCUT2D eigenvalue weighted by Crippen LogP contribution is 2.03. The van der Waals surface area contributed by atoms with Gasteiger partial charge in [-0.05, 0) is 19.3 Å². The van der Waals surface area contributed by atoms with Crippen molar-refractivity contribution >= 4 is 0 Å². The molecular weight excluding hydrogens is 150 g/mol. The summed E-state index contributed by atoms with van der Waals surface area (Å²) >= 11 is 0. The van der Waals surface area contributed by atoms with Crippen LogP contribution in [0, 0.1) is 0 Å². The van der Waals surface area contributed by atoms with Gasteiger partial charge in [0.1, 0.15) is 0 Å². The lowest BCUT2D eigenvalue weighted by atomic mass is 10.2. The zero-order chi connectivity index (χ0) is 9.23. The van der Waals surface area contributed by atoms with Gasteiger partial charge in [-0.25, -0.2) is 0 Å². The molecule has 0 bridgehead atoms. The molecule has 0 radical (unpaired) electrons. The normalized spacial score (nSPS) is 11.7. The molecule has 0 aromatic heterocycles. The van der Waals surface area contributed by atoms with Crippen molar-refractivity contribution in [3.05, 3.63) is 12.0 Å². The molecule has 0 aliphatic heterocycles. The van der Waals surface area contributed by atoms with Crippen molar-refractivity contribution in [3.63, 3.8) is 0 Å². The first-order valence-corrected chi connectivity index (χ1v) is 4.92. The van der Waals surface area contributed by atoms with Crippen LogP contribution in [0.2, 0.25) is 0 Å². The highest BCUT2D eigenvalue weighted by Gasteiger charge is 1.94. The standard InChI is InChI=1S/C10H21NO/c1-3-5-7-10(9-12)11-8-6-4-2/h9,11-12H,3-8H2,1-2H3/b10-9-. The lowest BCUT2D eigenvalue weighted by Gasteiger charge is -2.07. The van der Waals surface area contributed by atoms with Crippen LogP contribution in [0.5, 0.6) is 0 Å². The first-order chi connectivity index (χ1) is 5.85. The Morgan fingerprint density at radius 1 is 1.25 bits per heavy atom. The van der Waals surface area contributed by atoms with Crippen molar-refractivity contribution < 1.29 is 5.11 Å². The number of hydrogen-bond donors (Lipinski definition) is 2. The number of rotatable bonds is 7. The first-order valence-electron chi connectivity index (χ1n) is 4.92. The highest BCUT2D eigenvalue weighted by atomic mass is 16.2. The van der Waals surface area contributed by atoms with Crippen LogP contribution >= 0.6 is 0 Å². The minimum absolute atomic E-state index is 0.969. The van der Waals surface area contributed by atoms with Gasteiger partial charge in [0.05, 0.1) is 6.26 Å². The van der Waals surface area contributed by atoms with E-state index in [9.17, 15) is 0 Å². The van der Waals surface area contributed by atoms with Crippen LogP contribution in [0.1, 0.15) is 46.0 Å². The average molecular weight is 171 g/mol. The zero-order valence-corrected chi connectivity index (χ0v) is 8.27.